The number of carbonyl (C=O) groups excluding carboxylic acids is 1. The molecule has 3 atom stereocenters. The molecule has 28 heavy (non-hydrogen) atoms. The molecule has 0 spiro atoms. The monoisotopic (exact) mass is 381 g/mol. The van der Waals surface area contributed by atoms with Gasteiger partial charge in [0.1, 0.15) is 6.04 Å². The number of likely N-dealkylation sites (tertiary alicyclic amines) is 1. The molecular formula is C22H27N3O3. The van der Waals surface area contributed by atoms with Crippen LogP contribution in [-0.2, 0) is 11.3 Å². The van der Waals surface area contributed by atoms with Gasteiger partial charge in [-0.15, -0.1) is 0 Å². The molecule has 4 rings (SSSR count). The van der Waals surface area contributed by atoms with Crippen LogP contribution in [0.5, 0.6) is 0 Å². The van der Waals surface area contributed by atoms with Gasteiger partial charge in [0.15, 0.2) is 0 Å². The van der Waals surface area contributed by atoms with Crippen LogP contribution < -0.4 is 0 Å². The van der Waals surface area contributed by atoms with Crippen molar-refractivity contribution < 1.29 is 14.7 Å². The number of hydrogen-bond acceptors (Lipinski definition) is 3. The molecule has 2 aliphatic rings. The molecule has 1 saturated heterocycles. The molecule has 2 aromatic rings. The lowest BCUT2D eigenvalue weighted by Crippen LogP contribution is -2.46. The van der Waals surface area contributed by atoms with Gasteiger partial charge in [-0.25, -0.2) is 4.79 Å². The van der Waals surface area contributed by atoms with Crippen LogP contribution in [0.25, 0.3) is 0 Å². The Balaban J connectivity index is 1.53. The van der Waals surface area contributed by atoms with Gasteiger partial charge in [-0.1, -0.05) is 25.0 Å². The summed E-state index contributed by atoms with van der Waals surface area (Å²) in [4.78, 5) is 26.6. The molecule has 1 aliphatic heterocycles. The Morgan fingerprint density at radius 2 is 1.86 bits per heavy atom. The van der Waals surface area contributed by atoms with Crippen LogP contribution >= 0.6 is 0 Å². The van der Waals surface area contributed by atoms with Gasteiger partial charge in [0.05, 0.1) is 12.2 Å². The van der Waals surface area contributed by atoms with Gasteiger partial charge < -0.3 is 10.0 Å². The van der Waals surface area contributed by atoms with Crippen LogP contribution in [0, 0.1) is 19.8 Å². The highest BCUT2D eigenvalue weighted by Gasteiger charge is 2.47. The molecule has 1 saturated carbocycles. The van der Waals surface area contributed by atoms with Crippen molar-refractivity contribution in [2.45, 2.75) is 64.6 Å². The van der Waals surface area contributed by atoms with Gasteiger partial charge in [0.25, 0.3) is 5.91 Å². The average Bonchev–Trinajstić information content (AvgIpc) is 3.21. The first-order valence-electron chi connectivity index (χ1n) is 10.1. The van der Waals surface area contributed by atoms with E-state index in [4.69, 9.17) is 0 Å². The first-order chi connectivity index (χ1) is 13.4. The zero-order valence-corrected chi connectivity index (χ0v) is 16.5. The molecule has 2 fully saturated rings. The molecule has 6 heteroatoms. The zero-order chi connectivity index (χ0) is 19.8. The highest BCUT2D eigenvalue weighted by atomic mass is 16.4. The molecule has 2 heterocycles. The number of rotatable bonds is 4. The molecule has 1 aromatic heterocycles. The Hall–Kier alpha value is -2.63. The van der Waals surface area contributed by atoms with E-state index in [1.54, 1.807) is 4.90 Å². The Bertz CT molecular complexity index is 887. The number of aromatic nitrogens is 2. The number of fused-ring (bicyclic) bond motifs is 1. The lowest BCUT2D eigenvalue weighted by Gasteiger charge is -2.33. The van der Waals surface area contributed by atoms with E-state index in [0.717, 1.165) is 42.6 Å². The molecule has 1 amide bonds. The summed E-state index contributed by atoms with van der Waals surface area (Å²) in [5, 5.41) is 14.1. The van der Waals surface area contributed by atoms with Crippen molar-refractivity contribution >= 4 is 11.9 Å². The van der Waals surface area contributed by atoms with Gasteiger partial charge in [-0.3, -0.25) is 9.48 Å². The van der Waals surface area contributed by atoms with E-state index in [0.29, 0.717) is 24.4 Å². The maximum atomic E-state index is 13.2. The van der Waals surface area contributed by atoms with Gasteiger partial charge >= 0.3 is 5.97 Å². The van der Waals surface area contributed by atoms with Crippen molar-refractivity contribution in [2.24, 2.45) is 5.92 Å². The van der Waals surface area contributed by atoms with Crippen LogP contribution in [0.3, 0.4) is 0 Å². The summed E-state index contributed by atoms with van der Waals surface area (Å²) >= 11 is 0. The van der Waals surface area contributed by atoms with E-state index in [2.05, 4.69) is 5.10 Å². The molecule has 0 bridgehead atoms. The summed E-state index contributed by atoms with van der Waals surface area (Å²) in [6, 6.07) is 8.92. The van der Waals surface area contributed by atoms with Gasteiger partial charge in [0, 0.05) is 17.3 Å². The minimum Gasteiger partial charge on any atom is -0.480 e. The van der Waals surface area contributed by atoms with E-state index in [1.165, 1.54) is 0 Å². The van der Waals surface area contributed by atoms with E-state index >= 15 is 0 Å². The molecule has 148 valence electrons. The highest BCUT2D eigenvalue weighted by molar-refractivity contribution is 5.97. The maximum absolute atomic E-state index is 13.2. The van der Waals surface area contributed by atoms with Crippen molar-refractivity contribution in [3.63, 3.8) is 0 Å². The molecule has 1 aromatic carbocycles. The predicted molar refractivity (Wildman–Crippen MR) is 105 cm³/mol. The molecule has 0 radical (unpaired) electrons. The molecular weight excluding hydrogens is 354 g/mol. The number of nitrogens with zero attached hydrogens (tertiary/aromatic N) is 3. The van der Waals surface area contributed by atoms with Crippen molar-refractivity contribution in [2.75, 3.05) is 0 Å². The van der Waals surface area contributed by atoms with E-state index < -0.39 is 12.0 Å². The minimum absolute atomic E-state index is 0.0664. The third-order valence-corrected chi connectivity index (χ3v) is 6.24. The smallest absolute Gasteiger partial charge is 0.326 e. The SMILES string of the molecule is Cc1cc(C)n(Cc2ccc(C(=O)N3C(C(=O)O)CC4CCCCC43)cc2)n1. The lowest BCUT2D eigenvalue weighted by atomic mass is 9.84. The van der Waals surface area contributed by atoms with Crippen LogP contribution in [0.4, 0.5) is 0 Å². The zero-order valence-electron chi connectivity index (χ0n) is 16.5. The first-order valence-corrected chi connectivity index (χ1v) is 10.1. The maximum Gasteiger partial charge on any atom is 0.326 e. The second kappa shape index (κ2) is 7.41. The van der Waals surface area contributed by atoms with Crippen molar-refractivity contribution in [3.8, 4) is 0 Å². The predicted octanol–water partition coefficient (Wildman–Crippen LogP) is 3.41. The minimum atomic E-state index is -0.885. The van der Waals surface area contributed by atoms with Crippen molar-refractivity contribution in [3.05, 3.63) is 52.8 Å². The number of amides is 1. The quantitative estimate of drug-likeness (QED) is 0.881. The number of benzene rings is 1. The number of carboxylic acids is 1. The van der Waals surface area contributed by atoms with E-state index in [1.807, 2.05) is 48.9 Å². The second-order valence-corrected chi connectivity index (χ2v) is 8.20. The third kappa shape index (κ3) is 3.43. The van der Waals surface area contributed by atoms with Gasteiger partial charge in [-0.05, 0) is 62.8 Å². The van der Waals surface area contributed by atoms with E-state index in [-0.39, 0.29) is 11.9 Å². The first kappa shape index (κ1) is 18.7. The number of hydrogen-bond donors (Lipinski definition) is 1. The van der Waals surface area contributed by atoms with Gasteiger partial charge in [0.2, 0.25) is 0 Å². The van der Waals surface area contributed by atoms with Crippen LogP contribution in [0.1, 0.15) is 59.4 Å². The number of aliphatic carboxylic acids is 1. The fraction of sp³-hybridized carbons (Fsp3) is 0.500. The van der Waals surface area contributed by atoms with Crippen molar-refractivity contribution in [1.29, 1.82) is 0 Å². The average molecular weight is 381 g/mol. The van der Waals surface area contributed by atoms with Gasteiger partial charge in [-0.2, -0.15) is 5.10 Å². The molecule has 3 unspecified atom stereocenters. The summed E-state index contributed by atoms with van der Waals surface area (Å²) in [5.41, 5.74) is 3.71. The summed E-state index contributed by atoms with van der Waals surface area (Å²) < 4.78 is 1.94. The summed E-state index contributed by atoms with van der Waals surface area (Å²) in [7, 11) is 0. The van der Waals surface area contributed by atoms with Crippen LogP contribution in [-0.4, -0.2) is 43.7 Å². The molecule has 1 aliphatic carbocycles. The fourth-order valence-electron chi connectivity index (χ4n) is 4.88. The summed E-state index contributed by atoms with van der Waals surface area (Å²) in [6.45, 7) is 4.65. The molecule has 6 nitrogen and oxygen atoms in total. The standard InChI is InChI=1S/C22H27N3O3/c1-14-11-15(2)24(23-14)13-16-7-9-17(10-8-16)21(26)25-19-6-4-3-5-18(19)12-20(25)22(27)28/h7-11,18-20H,3-6,12-13H2,1-2H3,(H,27,28). The van der Waals surface area contributed by atoms with Crippen LogP contribution in [0.2, 0.25) is 0 Å². The normalized spacial score (nSPS) is 24.2. The summed E-state index contributed by atoms with van der Waals surface area (Å²) in [6.07, 6.45) is 4.73. The van der Waals surface area contributed by atoms with Crippen molar-refractivity contribution in [1.82, 2.24) is 14.7 Å². The fourth-order valence-corrected chi connectivity index (χ4v) is 4.88. The summed E-state index contributed by atoms with van der Waals surface area (Å²) in [5.74, 6) is -0.715. The number of aryl methyl sites for hydroxylation is 2. The Kier molecular flexibility index (Phi) is 4.96. The lowest BCUT2D eigenvalue weighted by molar-refractivity contribution is -0.141. The Labute approximate surface area is 165 Å². The topological polar surface area (TPSA) is 75.4 Å². The second-order valence-electron chi connectivity index (χ2n) is 8.20. The Morgan fingerprint density at radius 1 is 1.14 bits per heavy atom. The van der Waals surface area contributed by atoms with Crippen LogP contribution in [0.15, 0.2) is 30.3 Å². The third-order valence-electron chi connectivity index (χ3n) is 6.24. The highest BCUT2D eigenvalue weighted by Crippen LogP contribution is 2.40. The van der Waals surface area contributed by atoms with E-state index in [9.17, 15) is 14.7 Å². The number of carbonyl (C=O) groups is 2. The largest absolute Gasteiger partial charge is 0.480 e. The molecule has 1 N–H and O–H groups in total. The Morgan fingerprint density at radius 3 is 2.50 bits per heavy atom. The number of carboxylic acid groups (broad SMARTS) is 1.